The molecule has 1 fully saturated rings. The van der Waals surface area contributed by atoms with Crippen molar-refractivity contribution >= 4 is 11.6 Å². The summed E-state index contributed by atoms with van der Waals surface area (Å²) in [6.07, 6.45) is 3.54. The average molecular weight is 224 g/mol. The van der Waals surface area contributed by atoms with Crippen LogP contribution in [0.4, 0.5) is 0 Å². The third-order valence-corrected chi connectivity index (χ3v) is 3.74. The summed E-state index contributed by atoms with van der Waals surface area (Å²) in [5.74, 6) is 0.716. The molecule has 1 aromatic carbocycles. The molecule has 1 aromatic rings. The maximum absolute atomic E-state index is 6.31. The van der Waals surface area contributed by atoms with Crippen LogP contribution in [0.2, 0.25) is 5.02 Å². The van der Waals surface area contributed by atoms with E-state index in [2.05, 4.69) is 19.1 Å². The molecule has 0 saturated heterocycles. The summed E-state index contributed by atoms with van der Waals surface area (Å²) in [4.78, 5) is 0. The third-order valence-electron chi connectivity index (χ3n) is 3.32. The Hall–Kier alpha value is -0.530. The number of rotatable bonds is 3. The quantitative estimate of drug-likeness (QED) is 0.836. The Balaban J connectivity index is 2.13. The highest BCUT2D eigenvalue weighted by Gasteiger charge is 2.38. The molecule has 0 aromatic heterocycles. The van der Waals surface area contributed by atoms with Crippen LogP contribution in [0.15, 0.2) is 18.2 Å². The zero-order valence-corrected chi connectivity index (χ0v) is 10.1. The third kappa shape index (κ3) is 2.53. The van der Waals surface area contributed by atoms with Crippen LogP contribution in [0.5, 0.6) is 0 Å². The number of hydrogen-bond donors (Lipinski definition) is 1. The van der Waals surface area contributed by atoms with E-state index in [0.717, 1.165) is 17.0 Å². The molecule has 1 aliphatic rings. The van der Waals surface area contributed by atoms with Crippen LogP contribution in [-0.2, 0) is 6.42 Å². The minimum absolute atomic E-state index is 0.0414. The van der Waals surface area contributed by atoms with Gasteiger partial charge in [0.1, 0.15) is 0 Å². The van der Waals surface area contributed by atoms with Crippen molar-refractivity contribution in [2.45, 2.75) is 38.6 Å². The summed E-state index contributed by atoms with van der Waals surface area (Å²) in [7, 11) is 0. The predicted molar refractivity (Wildman–Crippen MR) is 65.2 cm³/mol. The Bertz CT molecular complexity index is 367. The first-order valence-corrected chi connectivity index (χ1v) is 5.91. The highest BCUT2D eigenvalue weighted by atomic mass is 35.5. The number of hydrogen-bond acceptors (Lipinski definition) is 1. The van der Waals surface area contributed by atoms with Gasteiger partial charge < -0.3 is 5.73 Å². The highest BCUT2D eigenvalue weighted by molar-refractivity contribution is 6.31. The van der Waals surface area contributed by atoms with Gasteiger partial charge in [0, 0.05) is 10.6 Å². The zero-order valence-electron chi connectivity index (χ0n) is 9.39. The Morgan fingerprint density at radius 1 is 1.47 bits per heavy atom. The van der Waals surface area contributed by atoms with E-state index in [0.29, 0.717) is 5.92 Å². The first-order valence-electron chi connectivity index (χ1n) is 5.53. The molecular formula is C13H18ClN. The summed E-state index contributed by atoms with van der Waals surface area (Å²) in [5.41, 5.74) is 8.71. The van der Waals surface area contributed by atoms with Gasteiger partial charge in [0.25, 0.3) is 0 Å². The zero-order chi connectivity index (χ0) is 11.1. The van der Waals surface area contributed by atoms with E-state index < -0.39 is 0 Å². The van der Waals surface area contributed by atoms with E-state index in [1.165, 1.54) is 18.4 Å². The van der Waals surface area contributed by atoms with Gasteiger partial charge in [-0.3, -0.25) is 0 Å². The van der Waals surface area contributed by atoms with E-state index in [4.69, 9.17) is 17.3 Å². The van der Waals surface area contributed by atoms with Crippen LogP contribution in [0.1, 0.15) is 30.9 Å². The van der Waals surface area contributed by atoms with Crippen molar-refractivity contribution < 1.29 is 0 Å². The molecule has 1 saturated carbocycles. The van der Waals surface area contributed by atoms with Gasteiger partial charge in [-0.05, 0) is 56.2 Å². The first kappa shape index (κ1) is 11.0. The van der Waals surface area contributed by atoms with Gasteiger partial charge in [0.05, 0.1) is 0 Å². The molecule has 0 spiro atoms. The molecule has 2 N–H and O–H groups in total. The summed E-state index contributed by atoms with van der Waals surface area (Å²) in [6.45, 7) is 4.20. The molecule has 1 nitrogen and oxygen atoms in total. The minimum atomic E-state index is -0.0414. The molecule has 1 atom stereocenters. The molecule has 0 bridgehead atoms. The van der Waals surface area contributed by atoms with Crippen LogP contribution >= 0.6 is 11.6 Å². The van der Waals surface area contributed by atoms with Gasteiger partial charge in [-0.25, -0.2) is 0 Å². The molecule has 2 rings (SSSR count). The SMILES string of the molecule is Cc1cc(CC(C)(N)C2CC2)ccc1Cl. The Kier molecular flexibility index (Phi) is 2.78. The summed E-state index contributed by atoms with van der Waals surface area (Å²) >= 11 is 6.00. The van der Waals surface area contributed by atoms with Crippen molar-refractivity contribution in [3.63, 3.8) is 0 Å². The van der Waals surface area contributed by atoms with Crippen LogP contribution in [0.3, 0.4) is 0 Å². The Labute approximate surface area is 96.6 Å². The molecule has 0 heterocycles. The number of benzene rings is 1. The van der Waals surface area contributed by atoms with Crippen molar-refractivity contribution in [2.24, 2.45) is 11.7 Å². The first-order chi connectivity index (χ1) is 6.99. The van der Waals surface area contributed by atoms with E-state index in [1.54, 1.807) is 0 Å². The van der Waals surface area contributed by atoms with Gasteiger partial charge in [-0.1, -0.05) is 23.7 Å². The molecular weight excluding hydrogens is 206 g/mol. The molecule has 2 heteroatoms. The molecule has 0 amide bonds. The fraction of sp³-hybridized carbons (Fsp3) is 0.538. The number of nitrogens with two attached hydrogens (primary N) is 1. The lowest BCUT2D eigenvalue weighted by Gasteiger charge is -2.24. The van der Waals surface area contributed by atoms with Crippen molar-refractivity contribution in [2.75, 3.05) is 0 Å². The van der Waals surface area contributed by atoms with Gasteiger partial charge in [-0.15, -0.1) is 0 Å². The highest BCUT2D eigenvalue weighted by Crippen LogP contribution is 2.39. The maximum Gasteiger partial charge on any atom is 0.0435 e. The Morgan fingerprint density at radius 2 is 2.13 bits per heavy atom. The summed E-state index contributed by atoms with van der Waals surface area (Å²) < 4.78 is 0. The standard InChI is InChI=1S/C13H18ClN/c1-9-7-10(3-6-12(9)14)8-13(2,15)11-4-5-11/h3,6-7,11H,4-5,8,15H2,1-2H3. The van der Waals surface area contributed by atoms with Crippen molar-refractivity contribution in [3.05, 3.63) is 34.3 Å². The molecule has 1 aliphatic carbocycles. The second kappa shape index (κ2) is 3.80. The predicted octanol–water partition coefficient (Wildman–Crippen LogP) is 3.32. The second-order valence-corrected chi connectivity index (χ2v) is 5.45. The van der Waals surface area contributed by atoms with E-state index in [9.17, 15) is 0 Å². The van der Waals surface area contributed by atoms with Gasteiger partial charge >= 0.3 is 0 Å². The van der Waals surface area contributed by atoms with Gasteiger partial charge in [0.2, 0.25) is 0 Å². The largest absolute Gasteiger partial charge is 0.325 e. The maximum atomic E-state index is 6.31. The van der Waals surface area contributed by atoms with E-state index in [1.807, 2.05) is 13.0 Å². The van der Waals surface area contributed by atoms with Crippen molar-refractivity contribution in [1.82, 2.24) is 0 Å². The van der Waals surface area contributed by atoms with Gasteiger partial charge in [0.15, 0.2) is 0 Å². The minimum Gasteiger partial charge on any atom is -0.325 e. The lowest BCUT2D eigenvalue weighted by Crippen LogP contribution is -2.40. The number of aryl methyl sites for hydroxylation is 1. The van der Waals surface area contributed by atoms with Gasteiger partial charge in [-0.2, -0.15) is 0 Å². The normalized spacial score (nSPS) is 20.0. The van der Waals surface area contributed by atoms with Crippen LogP contribution < -0.4 is 5.73 Å². The topological polar surface area (TPSA) is 26.0 Å². The van der Waals surface area contributed by atoms with Crippen molar-refractivity contribution in [3.8, 4) is 0 Å². The fourth-order valence-corrected chi connectivity index (χ4v) is 2.26. The van der Waals surface area contributed by atoms with E-state index >= 15 is 0 Å². The fourth-order valence-electron chi connectivity index (χ4n) is 2.14. The smallest absolute Gasteiger partial charge is 0.0435 e. The van der Waals surface area contributed by atoms with E-state index in [-0.39, 0.29) is 5.54 Å². The van der Waals surface area contributed by atoms with Crippen LogP contribution in [0.25, 0.3) is 0 Å². The molecule has 0 aliphatic heterocycles. The molecule has 82 valence electrons. The second-order valence-electron chi connectivity index (χ2n) is 5.04. The summed E-state index contributed by atoms with van der Waals surface area (Å²) in [5, 5.41) is 0.837. The Morgan fingerprint density at radius 3 is 2.67 bits per heavy atom. The van der Waals surface area contributed by atoms with Crippen molar-refractivity contribution in [1.29, 1.82) is 0 Å². The monoisotopic (exact) mass is 223 g/mol. The molecule has 1 unspecified atom stereocenters. The van der Waals surface area contributed by atoms with Crippen LogP contribution in [0, 0.1) is 12.8 Å². The average Bonchev–Trinajstić information content (AvgIpc) is 2.93. The van der Waals surface area contributed by atoms with Crippen LogP contribution in [-0.4, -0.2) is 5.54 Å². The lowest BCUT2D eigenvalue weighted by atomic mass is 9.89. The molecule has 15 heavy (non-hydrogen) atoms. The lowest BCUT2D eigenvalue weighted by molar-refractivity contribution is 0.406. The molecule has 0 radical (unpaired) electrons. The summed E-state index contributed by atoms with van der Waals surface area (Å²) in [6, 6.07) is 6.20. The number of halogens is 1.